The SMILES string of the molecule is O=C(CNC1(C(F)(F)F)CC1)Nc1ccccc1F. The lowest BCUT2D eigenvalue weighted by molar-refractivity contribution is -0.165. The summed E-state index contributed by atoms with van der Waals surface area (Å²) < 4.78 is 51.0. The Morgan fingerprint density at radius 1 is 1.26 bits per heavy atom. The lowest BCUT2D eigenvalue weighted by Crippen LogP contribution is -2.47. The fraction of sp³-hybridized carbons (Fsp3) is 0.417. The molecule has 1 aliphatic carbocycles. The van der Waals surface area contributed by atoms with E-state index in [1.54, 1.807) is 0 Å². The summed E-state index contributed by atoms with van der Waals surface area (Å²) in [6, 6.07) is 5.46. The molecule has 2 N–H and O–H groups in total. The number of halogens is 4. The van der Waals surface area contributed by atoms with Gasteiger partial charge in [0.05, 0.1) is 12.2 Å². The van der Waals surface area contributed by atoms with E-state index in [-0.39, 0.29) is 18.5 Å². The highest BCUT2D eigenvalue weighted by molar-refractivity contribution is 5.92. The number of carbonyl (C=O) groups is 1. The van der Waals surface area contributed by atoms with Crippen LogP contribution in [0.4, 0.5) is 23.2 Å². The smallest absolute Gasteiger partial charge is 0.322 e. The lowest BCUT2D eigenvalue weighted by Gasteiger charge is -2.20. The Hall–Kier alpha value is -1.63. The second-order valence-corrected chi connectivity index (χ2v) is 4.46. The molecule has 1 aliphatic rings. The molecule has 0 radical (unpaired) electrons. The number of benzene rings is 1. The van der Waals surface area contributed by atoms with Crippen molar-refractivity contribution in [2.45, 2.75) is 24.6 Å². The third-order valence-corrected chi connectivity index (χ3v) is 3.03. The van der Waals surface area contributed by atoms with Gasteiger partial charge in [0.25, 0.3) is 0 Å². The third-order valence-electron chi connectivity index (χ3n) is 3.03. The Balaban J connectivity index is 1.88. The number of amides is 1. The van der Waals surface area contributed by atoms with Gasteiger partial charge in [-0.05, 0) is 25.0 Å². The van der Waals surface area contributed by atoms with Gasteiger partial charge in [-0.15, -0.1) is 0 Å². The molecule has 0 aliphatic heterocycles. The van der Waals surface area contributed by atoms with Gasteiger partial charge in [0.15, 0.2) is 0 Å². The van der Waals surface area contributed by atoms with E-state index in [1.807, 2.05) is 0 Å². The minimum absolute atomic E-state index is 0.0382. The van der Waals surface area contributed by atoms with E-state index < -0.39 is 30.0 Å². The molecule has 1 aromatic carbocycles. The van der Waals surface area contributed by atoms with Crippen molar-refractivity contribution in [1.29, 1.82) is 0 Å². The fourth-order valence-corrected chi connectivity index (χ4v) is 1.69. The van der Waals surface area contributed by atoms with Gasteiger partial charge in [-0.25, -0.2) is 4.39 Å². The highest BCUT2D eigenvalue weighted by Gasteiger charge is 2.63. The molecule has 0 bridgehead atoms. The summed E-state index contributed by atoms with van der Waals surface area (Å²) >= 11 is 0. The molecule has 7 heteroatoms. The van der Waals surface area contributed by atoms with Gasteiger partial charge >= 0.3 is 6.18 Å². The molecular formula is C12H12F4N2O. The largest absolute Gasteiger partial charge is 0.406 e. The van der Waals surface area contributed by atoms with Crippen molar-refractivity contribution in [3.63, 3.8) is 0 Å². The number of alkyl halides is 3. The summed E-state index contributed by atoms with van der Waals surface area (Å²) in [4.78, 5) is 11.5. The van der Waals surface area contributed by atoms with Crippen molar-refractivity contribution in [2.75, 3.05) is 11.9 Å². The Morgan fingerprint density at radius 3 is 2.42 bits per heavy atom. The van der Waals surface area contributed by atoms with Crippen LogP contribution in [0.1, 0.15) is 12.8 Å². The first-order chi connectivity index (χ1) is 8.84. The molecule has 0 aromatic heterocycles. The molecule has 1 amide bonds. The number of hydrogen-bond donors (Lipinski definition) is 2. The van der Waals surface area contributed by atoms with E-state index in [9.17, 15) is 22.4 Å². The van der Waals surface area contributed by atoms with Gasteiger partial charge in [-0.3, -0.25) is 10.1 Å². The Kier molecular flexibility index (Phi) is 3.49. The maximum atomic E-state index is 13.2. The predicted molar refractivity (Wildman–Crippen MR) is 61.1 cm³/mol. The van der Waals surface area contributed by atoms with E-state index in [1.165, 1.54) is 18.2 Å². The van der Waals surface area contributed by atoms with E-state index >= 15 is 0 Å². The van der Waals surface area contributed by atoms with Gasteiger partial charge in [-0.2, -0.15) is 13.2 Å². The normalized spacial score (nSPS) is 17.1. The number of nitrogens with one attached hydrogen (secondary N) is 2. The van der Waals surface area contributed by atoms with Crippen molar-refractivity contribution in [2.24, 2.45) is 0 Å². The van der Waals surface area contributed by atoms with Crippen LogP contribution in [-0.4, -0.2) is 24.2 Å². The van der Waals surface area contributed by atoms with Crippen molar-refractivity contribution < 1.29 is 22.4 Å². The van der Waals surface area contributed by atoms with Gasteiger partial charge in [-0.1, -0.05) is 12.1 Å². The van der Waals surface area contributed by atoms with Crippen LogP contribution in [0.15, 0.2) is 24.3 Å². The first-order valence-corrected chi connectivity index (χ1v) is 5.70. The maximum Gasteiger partial charge on any atom is 0.406 e. The van der Waals surface area contributed by atoms with Crippen molar-refractivity contribution >= 4 is 11.6 Å². The first kappa shape index (κ1) is 13.8. The molecule has 104 valence electrons. The molecule has 0 heterocycles. The predicted octanol–water partition coefficient (Wildman–Crippen LogP) is 2.45. The fourth-order valence-electron chi connectivity index (χ4n) is 1.69. The minimum Gasteiger partial charge on any atom is -0.322 e. The number of carbonyl (C=O) groups excluding carboxylic acids is 1. The van der Waals surface area contributed by atoms with Crippen LogP contribution in [-0.2, 0) is 4.79 Å². The Morgan fingerprint density at radius 2 is 1.89 bits per heavy atom. The molecule has 0 atom stereocenters. The van der Waals surface area contributed by atoms with Gasteiger partial charge in [0, 0.05) is 0 Å². The van der Waals surface area contributed by atoms with Gasteiger partial charge in [0.1, 0.15) is 11.4 Å². The summed E-state index contributed by atoms with van der Waals surface area (Å²) in [5.41, 5.74) is -1.99. The number of rotatable bonds is 4. The molecule has 1 saturated carbocycles. The van der Waals surface area contributed by atoms with E-state index in [4.69, 9.17) is 0 Å². The number of anilines is 1. The topological polar surface area (TPSA) is 41.1 Å². The zero-order chi connectivity index (χ0) is 14.1. The van der Waals surface area contributed by atoms with Crippen LogP contribution >= 0.6 is 0 Å². The monoisotopic (exact) mass is 276 g/mol. The standard InChI is InChI=1S/C12H12F4N2O/c13-8-3-1-2-4-9(8)18-10(19)7-17-11(5-6-11)12(14,15)16/h1-4,17H,5-7H2,(H,18,19). The molecule has 3 nitrogen and oxygen atoms in total. The van der Waals surface area contributed by atoms with E-state index in [2.05, 4.69) is 10.6 Å². The summed E-state index contributed by atoms with van der Waals surface area (Å²) in [7, 11) is 0. The average Bonchev–Trinajstić information content (AvgIpc) is 3.10. The third kappa shape index (κ3) is 3.04. The van der Waals surface area contributed by atoms with Crippen LogP contribution in [0.5, 0.6) is 0 Å². The maximum absolute atomic E-state index is 13.2. The van der Waals surface area contributed by atoms with Crippen LogP contribution in [0, 0.1) is 5.82 Å². The van der Waals surface area contributed by atoms with Crippen LogP contribution < -0.4 is 10.6 Å². The molecule has 1 aromatic rings. The zero-order valence-corrected chi connectivity index (χ0v) is 9.85. The lowest BCUT2D eigenvalue weighted by atomic mass is 10.2. The molecule has 2 rings (SSSR count). The first-order valence-electron chi connectivity index (χ1n) is 5.70. The van der Waals surface area contributed by atoms with Crippen molar-refractivity contribution in [1.82, 2.24) is 5.32 Å². The summed E-state index contributed by atoms with van der Waals surface area (Å²) in [6.45, 7) is -0.506. The quantitative estimate of drug-likeness (QED) is 0.829. The summed E-state index contributed by atoms with van der Waals surface area (Å²) in [5.74, 6) is -1.34. The van der Waals surface area contributed by atoms with Crippen LogP contribution in [0.3, 0.4) is 0 Å². The molecule has 0 unspecified atom stereocenters. The zero-order valence-electron chi connectivity index (χ0n) is 9.85. The molecule has 19 heavy (non-hydrogen) atoms. The Labute approximate surface area is 107 Å². The van der Waals surface area contributed by atoms with Crippen LogP contribution in [0.25, 0.3) is 0 Å². The molecular weight excluding hydrogens is 264 g/mol. The summed E-state index contributed by atoms with van der Waals surface area (Å²) in [6.07, 6.45) is -4.45. The highest BCUT2D eigenvalue weighted by atomic mass is 19.4. The van der Waals surface area contributed by atoms with Crippen molar-refractivity contribution in [3.8, 4) is 0 Å². The molecule has 1 fully saturated rings. The van der Waals surface area contributed by atoms with Crippen LogP contribution in [0.2, 0.25) is 0 Å². The Bertz CT molecular complexity index is 483. The highest BCUT2D eigenvalue weighted by Crippen LogP contribution is 2.48. The number of hydrogen-bond acceptors (Lipinski definition) is 2. The molecule has 0 saturated heterocycles. The van der Waals surface area contributed by atoms with Crippen molar-refractivity contribution in [3.05, 3.63) is 30.1 Å². The summed E-state index contributed by atoms with van der Waals surface area (Å²) in [5, 5.41) is 4.41. The number of para-hydroxylation sites is 1. The van der Waals surface area contributed by atoms with Gasteiger partial charge in [0.2, 0.25) is 5.91 Å². The second-order valence-electron chi connectivity index (χ2n) is 4.46. The van der Waals surface area contributed by atoms with Gasteiger partial charge < -0.3 is 5.32 Å². The van der Waals surface area contributed by atoms with E-state index in [0.29, 0.717) is 0 Å². The van der Waals surface area contributed by atoms with E-state index in [0.717, 1.165) is 6.07 Å². The molecule has 0 spiro atoms. The second kappa shape index (κ2) is 4.80. The average molecular weight is 276 g/mol. The minimum atomic E-state index is -4.37.